The number of carbonyl (C=O) groups excluding carboxylic acids is 1. The molecule has 0 radical (unpaired) electrons. The number of rotatable bonds is 5. The fourth-order valence-corrected chi connectivity index (χ4v) is 3.23. The van der Waals surface area contributed by atoms with Crippen molar-refractivity contribution in [2.45, 2.75) is 63.2 Å². The second-order valence-corrected chi connectivity index (χ2v) is 8.37. The Morgan fingerprint density at radius 2 is 1.65 bits per heavy atom. The first kappa shape index (κ1) is 16.9. The van der Waals surface area contributed by atoms with Gasteiger partial charge in [0.2, 0.25) is 5.91 Å². The highest BCUT2D eigenvalue weighted by atomic mass is 32.2. The van der Waals surface area contributed by atoms with Gasteiger partial charge in [0.25, 0.3) is 0 Å². The first-order chi connectivity index (χ1) is 9.17. The van der Waals surface area contributed by atoms with E-state index in [9.17, 15) is 18.0 Å². The number of hydrogen-bond acceptors (Lipinski definition) is 4. The maximum Gasteiger partial charge on any atom is 0.324 e. The lowest BCUT2D eigenvalue weighted by Crippen LogP contribution is -2.47. The molecule has 1 saturated carbocycles. The molecule has 6 nitrogen and oxygen atoms in total. The van der Waals surface area contributed by atoms with Gasteiger partial charge in [-0.05, 0) is 26.7 Å². The molecule has 7 heteroatoms. The largest absolute Gasteiger partial charge is 0.480 e. The van der Waals surface area contributed by atoms with Gasteiger partial charge in [-0.3, -0.25) is 9.59 Å². The number of amides is 1. The van der Waals surface area contributed by atoms with Crippen LogP contribution < -0.4 is 5.32 Å². The third-order valence-electron chi connectivity index (χ3n) is 3.83. The van der Waals surface area contributed by atoms with E-state index in [0.29, 0.717) is 0 Å². The topological polar surface area (TPSA) is 101 Å². The standard InChI is InChI=1S/C13H23NO5S/c1-13(2,12(16)17)20(18,19)9-11(15)14-10-7-5-3-4-6-8-10/h10H,3-9H2,1-2H3,(H,14,15)(H,16,17). The van der Waals surface area contributed by atoms with E-state index in [1.807, 2.05) is 0 Å². The van der Waals surface area contributed by atoms with Gasteiger partial charge in [0.05, 0.1) is 0 Å². The van der Waals surface area contributed by atoms with Crippen molar-refractivity contribution in [3.63, 3.8) is 0 Å². The van der Waals surface area contributed by atoms with Crippen molar-refractivity contribution in [2.24, 2.45) is 0 Å². The molecule has 0 aromatic carbocycles. The highest BCUT2D eigenvalue weighted by Crippen LogP contribution is 2.19. The normalized spacial score (nSPS) is 18.3. The number of sulfone groups is 1. The van der Waals surface area contributed by atoms with Crippen LogP contribution in [0.2, 0.25) is 0 Å². The fourth-order valence-electron chi connectivity index (χ4n) is 2.18. The van der Waals surface area contributed by atoms with Crippen LogP contribution in [0.3, 0.4) is 0 Å². The van der Waals surface area contributed by atoms with Crippen LogP contribution in [0.25, 0.3) is 0 Å². The number of carboxylic acid groups (broad SMARTS) is 1. The summed E-state index contributed by atoms with van der Waals surface area (Å²) in [5.41, 5.74) is 0. The van der Waals surface area contributed by atoms with E-state index in [1.54, 1.807) is 0 Å². The van der Waals surface area contributed by atoms with Gasteiger partial charge in [-0.15, -0.1) is 0 Å². The van der Waals surface area contributed by atoms with Crippen molar-refractivity contribution >= 4 is 21.7 Å². The summed E-state index contributed by atoms with van der Waals surface area (Å²) in [6, 6.07) is 0.00754. The van der Waals surface area contributed by atoms with Crippen molar-refractivity contribution in [1.29, 1.82) is 0 Å². The van der Waals surface area contributed by atoms with Crippen LogP contribution in [-0.4, -0.2) is 41.9 Å². The summed E-state index contributed by atoms with van der Waals surface area (Å²) < 4.78 is 22.0. The lowest BCUT2D eigenvalue weighted by atomic mass is 10.1. The van der Waals surface area contributed by atoms with E-state index in [-0.39, 0.29) is 6.04 Å². The van der Waals surface area contributed by atoms with Crippen molar-refractivity contribution in [1.82, 2.24) is 5.32 Å². The smallest absolute Gasteiger partial charge is 0.324 e. The Morgan fingerprint density at radius 1 is 1.15 bits per heavy atom. The lowest BCUT2D eigenvalue weighted by molar-refractivity contribution is -0.139. The van der Waals surface area contributed by atoms with E-state index in [1.165, 1.54) is 0 Å². The van der Waals surface area contributed by atoms with Crippen LogP contribution in [-0.2, 0) is 19.4 Å². The van der Waals surface area contributed by atoms with Crippen LogP contribution >= 0.6 is 0 Å². The summed E-state index contributed by atoms with van der Waals surface area (Å²) in [6.45, 7) is 2.20. The van der Waals surface area contributed by atoms with Crippen LogP contribution in [0.5, 0.6) is 0 Å². The first-order valence-electron chi connectivity index (χ1n) is 6.92. The van der Waals surface area contributed by atoms with Gasteiger partial charge in [0.15, 0.2) is 14.6 Å². The molecule has 0 unspecified atom stereocenters. The number of hydrogen-bond donors (Lipinski definition) is 2. The highest BCUT2D eigenvalue weighted by Gasteiger charge is 2.43. The van der Waals surface area contributed by atoms with Crippen molar-refractivity contribution < 1.29 is 23.1 Å². The molecule has 1 aliphatic carbocycles. The monoisotopic (exact) mass is 305 g/mol. The molecular formula is C13H23NO5S. The Labute approximate surface area is 119 Å². The summed E-state index contributed by atoms with van der Waals surface area (Å²) in [5.74, 6) is -2.83. The second kappa shape index (κ2) is 6.56. The zero-order valence-corrected chi connectivity index (χ0v) is 12.8. The maximum atomic E-state index is 12.0. The van der Waals surface area contributed by atoms with Gasteiger partial charge in [0.1, 0.15) is 5.75 Å². The van der Waals surface area contributed by atoms with Gasteiger partial charge in [-0.1, -0.05) is 25.7 Å². The molecule has 0 aromatic heterocycles. The SMILES string of the molecule is CC(C)(C(=O)O)S(=O)(=O)CC(=O)NC1CCCCCC1. The third-order valence-corrected chi connectivity index (χ3v) is 6.21. The Balaban J connectivity index is 2.63. The maximum absolute atomic E-state index is 12.0. The summed E-state index contributed by atoms with van der Waals surface area (Å²) in [5, 5.41) is 11.7. The molecule has 1 aliphatic rings. The minimum absolute atomic E-state index is 0.00754. The number of aliphatic carboxylic acids is 1. The number of carbonyl (C=O) groups is 2. The predicted molar refractivity (Wildman–Crippen MR) is 75.1 cm³/mol. The number of nitrogens with one attached hydrogen (secondary N) is 1. The van der Waals surface area contributed by atoms with Gasteiger partial charge in [-0.25, -0.2) is 8.42 Å². The Hall–Kier alpha value is -1.11. The molecule has 0 spiro atoms. The van der Waals surface area contributed by atoms with Crippen molar-refractivity contribution in [2.75, 3.05) is 5.75 Å². The highest BCUT2D eigenvalue weighted by molar-refractivity contribution is 7.94. The van der Waals surface area contributed by atoms with E-state index in [2.05, 4.69) is 5.32 Å². The molecule has 0 bridgehead atoms. The van der Waals surface area contributed by atoms with E-state index in [0.717, 1.165) is 52.4 Å². The average Bonchev–Trinajstić information content (AvgIpc) is 2.56. The summed E-state index contributed by atoms with van der Waals surface area (Å²) >= 11 is 0. The fraction of sp³-hybridized carbons (Fsp3) is 0.846. The Kier molecular flexibility index (Phi) is 5.56. The minimum atomic E-state index is -4.03. The molecule has 20 heavy (non-hydrogen) atoms. The molecule has 0 heterocycles. The molecule has 116 valence electrons. The average molecular weight is 305 g/mol. The van der Waals surface area contributed by atoms with Gasteiger partial charge in [-0.2, -0.15) is 0 Å². The van der Waals surface area contributed by atoms with E-state index >= 15 is 0 Å². The molecule has 0 saturated heterocycles. The van der Waals surface area contributed by atoms with E-state index in [4.69, 9.17) is 5.11 Å². The Bertz CT molecular complexity index is 461. The van der Waals surface area contributed by atoms with Crippen LogP contribution in [0.1, 0.15) is 52.4 Å². The zero-order chi connectivity index (χ0) is 15.4. The van der Waals surface area contributed by atoms with Crippen molar-refractivity contribution in [3.05, 3.63) is 0 Å². The summed E-state index contributed by atoms with van der Waals surface area (Å²) in [4.78, 5) is 22.8. The molecule has 0 atom stereocenters. The molecule has 0 aliphatic heterocycles. The Morgan fingerprint density at radius 3 is 2.10 bits per heavy atom. The molecule has 1 rings (SSSR count). The zero-order valence-electron chi connectivity index (χ0n) is 12.0. The quantitative estimate of drug-likeness (QED) is 0.741. The van der Waals surface area contributed by atoms with Crippen LogP contribution in [0.4, 0.5) is 0 Å². The van der Waals surface area contributed by atoms with Crippen LogP contribution in [0, 0.1) is 0 Å². The minimum Gasteiger partial charge on any atom is -0.480 e. The summed E-state index contributed by atoms with van der Waals surface area (Å²) in [6.07, 6.45) is 6.03. The lowest BCUT2D eigenvalue weighted by Gasteiger charge is -2.21. The second-order valence-electron chi connectivity index (χ2n) is 5.83. The molecular weight excluding hydrogens is 282 g/mol. The van der Waals surface area contributed by atoms with E-state index < -0.39 is 32.2 Å². The molecule has 1 fully saturated rings. The van der Waals surface area contributed by atoms with Gasteiger partial charge < -0.3 is 10.4 Å². The molecule has 2 N–H and O–H groups in total. The molecule has 0 aromatic rings. The summed E-state index contributed by atoms with van der Waals surface area (Å²) in [7, 11) is -4.03. The van der Waals surface area contributed by atoms with Crippen LogP contribution in [0.15, 0.2) is 0 Å². The number of carboxylic acids is 1. The third kappa shape index (κ3) is 4.19. The first-order valence-corrected chi connectivity index (χ1v) is 8.57. The van der Waals surface area contributed by atoms with Gasteiger partial charge in [0, 0.05) is 6.04 Å². The molecule has 1 amide bonds. The van der Waals surface area contributed by atoms with Crippen molar-refractivity contribution in [3.8, 4) is 0 Å². The van der Waals surface area contributed by atoms with Gasteiger partial charge >= 0.3 is 5.97 Å². The predicted octanol–water partition coefficient (Wildman–Crippen LogP) is 1.10.